The number of carbonyl (C=O) groups is 1. The van der Waals surface area contributed by atoms with Gasteiger partial charge in [0.25, 0.3) is 0 Å². The largest absolute Gasteiger partial charge is 0.299 e. The molecule has 7 nitrogen and oxygen atoms in total. The highest BCUT2D eigenvalue weighted by Gasteiger charge is 2.39. The maximum absolute atomic E-state index is 12.8. The van der Waals surface area contributed by atoms with Crippen molar-refractivity contribution in [2.24, 2.45) is 0 Å². The van der Waals surface area contributed by atoms with E-state index in [-0.39, 0.29) is 10.8 Å². The lowest BCUT2D eigenvalue weighted by Gasteiger charge is -2.22. The fraction of sp³-hybridized carbons (Fsp3) is 0.357. The van der Waals surface area contributed by atoms with Crippen molar-refractivity contribution in [1.82, 2.24) is 14.5 Å². The predicted molar refractivity (Wildman–Crippen MR) is 98.7 cm³/mol. The Morgan fingerprint density at radius 2 is 2.08 bits per heavy atom. The molecule has 1 fully saturated rings. The van der Waals surface area contributed by atoms with E-state index in [1.54, 1.807) is 0 Å². The standard InChI is InChI=1S/C14H15ClN4O3S3/c1-23-14-18-17-13(24-14)16-12(20)11-3-2-8-19(11)25(21,22)10-6-4-9(15)5-7-10/h4-7,11H,2-3,8H2,1H3,(H,16,17,20)/t11-/m0/s1. The summed E-state index contributed by atoms with van der Waals surface area (Å²) < 4.78 is 27.6. The second-order valence-electron chi connectivity index (χ2n) is 5.29. The zero-order valence-corrected chi connectivity index (χ0v) is 16.4. The Balaban J connectivity index is 1.79. The van der Waals surface area contributed by atoms with E-state index >= 15 is 0 Å². The van der Waals surface area contributed by atoms with E-state index in [0.717, 1.165) is 4.34 Å². The molecule has 11 heteroatoms. The number of aromatic nitrogens is 2. The number of thioether (sulfide) groups is 1. The smallest absolute Gasteiger partial charge is 0.244 e. The maximum atomic E-state index is 12.8. The van der Waals surface area contributed by atoms with Crippen molar-refractivity contribution in [3.63, 3.8) is 0 Å². The van der Waals surface area contributed by atoms with Gasteiger partial charge in [-0.25, -0.2) is 8.42 Å². The first-order chi connectivity index (χ1) is 11.9. The first kappa shape index (κ1) is 18.6. The molecular weight excluding hydrogens is 404 g/mol. The van der Waals surface area contributed by atoms with Crippen LogP contribution in [0.5, 0.6) is 0 Å². The summed E-state index contributed by atoms with van der Waals surface area (Å²) in [6, 6.07) is 5.17. The molecule has 3 rings (SSSR count). The number of carbonyl (C=O) groups excluding carboxylic acids is 1. The Morgan fingerprint density at radius 3 is 2.72 bits per heavy atom. The lowest BCUT2D eigenvalue weighted by Crippen LogP contribution is -2.43. The van der Waals surface area contributed by atoms with Crippen LogP contribution in [0.25, 0.3) is 0 Å². The molecule has 0 unspecified atom stereocenters. The second kappa shape index (κ2) is 7.58. The third kappa shape index (κ3) is 3.98. The molecule has 1 aromatic heterocycles. The molecule has 0 aliphatic carbocycles. The monoisotopic (exact) mass is 418 g/mol. The molecule has 25 heavy (non-hydrogen) atoms. The molecule has 1 aromatic carbocycles. The summed E-state index contributed by atoms with van der Waals surface area (Å²) in [6.45, 7) is 0.301. The fourth-order valence-electron chi connectivity index (χ4n) is 2.56. The Labute approximate surface area is 158 Å². The van der Waals surface area contributed by atoms with Crippen LogP contribution in [0, 0.1) is 0 Å². The number of halogens is 1. The van der Waals surface area contributed by atoms with E-state index in [4.69, 9.17) is 11.6 Å². The van der Waals surface area contributed by atoms with Crippen LogP contribution in [-0.4, -0.2) is 47.7 Å². The van der Waals surface area contributed by atoms with Crippen molar-refractivity contribution in [2.45, 2.75) is 28.1 Å². The van der Waals surface area contributed by atoms with Crippen molar-refractivity contribution < 1.29 is 13.2 Å². The minimum atomic E-state index is -3.76. The molecular formula is C14H15ClN4O3S3. The lowest BCUT2D eigenvalue weighted by atomic mass is 10.2. The van der Waals surface area contributed by atoms with Crippen LogP contribution in [-0.2, 0) is 14.8 Å². The molecule has 1 amide bonds. The minimum Gasteiger partial charge on any atom is -0.299 e. The Bertz CT molecular complexity index is 870. The van der Waals surface area contributed by atoms with Crippen LogP contribution < -0.4 is 5.32 Å². The molecule has 1 N–H and O–H groups in total. The van der Waals surface area contributed by atoms with E-state index in [2.05, 4.69) is 15.5 Å². The first-order valence-electron chi connectivity index (χ1n) is 7.37. The van der Waals surface area contributed by atoms with Crippen LogP contribution in [0.2, 0.25) is 5.02 Å². The zero-order valence-electron chi connectivity index (χ0n) is 13.2. The number of amides is 1. The molecule has 1 aliphatic heterocycles. The number of nitrogens with one attached hydrogen (secondary N) is 1. The van der Waals surface area contributed by atoms with Gasteiger partial charge in [-0.15, -0.1) is 10.2 Å². The maximum Gasteiger partial charge on any atom is 0.244 e. The third-order valence-corrected chi connectivity index (χ3v) is 7.73. The lowest BCUT2D eigenvalue weighted by molar-refractivity contribution is -0.119. The zero-order chi connectivity index (χ0) is 18.0. The van der Waals surface area contributed by atoms with Gasteiger partial charge in [-0.2, -0.15) is 4.31 Å². The first-order valence-corrected chi connectivity index (χ1v) is 11.2. The summed E-state index contributed by atoms with van der Waals surface area (Å²) in [5, 5.41) is 11.3. The number of hydrogen-bond acceptors (Lipinski definition) is 7. The van der Waals surface area contributed by atoms with Crippen LogP contribution in [0.3, 0.4) is 0 Å². The number of anilines is 1. The topological polar surface area (TPSA) is 92.3 Å². The van der Waals surface area contributed by atoms with E-state index in [0.29, 0.717) is 29.5 Å². The summed E-state index contributed by atoms with van der Waals surface area (Å²) >= 11 is 8.50. The molecule has 1 aliphatic rings. The molecule has 0 spiro atoms. The average Bonchev–Trinajstić information content (AvgIpc) is 3.24. The molecule has 0 saturated carbocycles. The van der Waals surface area contributed by atoms with Gasteiger partial charge in [0.1, 0.15) is 6.04 Å². The number of hydrogen-bond donors (Lipinski definition) is 1. The van der Waals surface area contributed by atoms with Gasteiger partial charge in [-0.05, 0) is 43.4 Å². The quantitative estimate of drug-likeness (QED) is 0.592. The highest BCUT2D eigenvalue weighted by atomic mass is 35.5. The molecule has 2 heterocycles. The second-order valence-corrected chi connectivity index (χ2v) is 9.65. The van der Waals surface area contributed by atoms with Gasteiger partial charge in [-0.3, -0.25) is 10.1 Å². The highest BCUT2D eigenvalue weighted by Crippen LogP contribution is 2.29. The summed E-state index contributed by atoms with van der Waals surface area (Å²) in [5.74, 6) is -0.390. The Kier molecular flexibility index (Phi) is 5.64. The number of benzene rings is 1. The summed E-state index contributed by atoms with van der Waals surface area (Å²) in [4.78, 5) is 12.7. The Hall–Kier alpha value is -1.20. The van der Waals surface area contributed by atoms with Crippen molar-refractivity contribution in [2.75, 3.05) is 18.1 Å². The van der Waals surface area contributed by atoms with Crippen molar-refractivity contribution >= 4 is 55.8 Å². The van der Waals surface area contributed by atoms with Crippen molar-refractivity contribution in [3.8, 4) is 0 Å². The number of sulfonamides is 1. The predicted octanol–water partition coefficient (Wildman–Crippen LogP) is 2.71. The molecule has 134 valence electrons. The SMILES string of the molecule is CSc1nnc(NC(=O)[C@@H]2CCCN2S(=O)(=O)c2ccc(Cl)cc2)s1. The van der Waals surface area contributed by atoms with Gasteiger partial charge in [0.05, 0.1) is 4.90 Å². The van der Waals surface area contributed by atoms with Gasteiger partial charge < -0.3 is 0 Å². The van der Waals surface area contributed by atoms with Crippen LogP contribution >= 0.6 is 34.7 Å². The van der Waals surface area contributed by atoms with Crippen LogP contribution in [0.1, 0.15) is 12.8 Å². The third-order valence-electron chi connectivity index (χ3n) is 3.74. The summed E-state index contributed by atoms with van der Waals surface area (Å²) in [7, 11) is -3.76. The van der Waals surface area contributed by atoms with E-state index in [9.17, 15) is 13.2 Å². The van der Waals surface area contributed by atoms with Gasteiger partial charge in [0, 0.05) is 11.6 Å². The summed E-state index contributed by atoms with van der Waals surface area (Å²) in [5.41, 5.74) is 0. The van der Waals surface area contributed by atoms with Gasteiger partial charge in [0.15, 0.2) is 4.34 Å². The summed E-state index contributed by atoms with van der Waals surface area (Å²) in [6.07, 6.45) is 2.95. The number of rotatable bonds is 5. The van der Waals surface area contributed by atoms with E-state index in [1.807, 2.05) is 6.26 Å². The normalized spacial score (nSPS) is 18.4. The van der Waals surface area contributed by atoms with Crippen molar-refractivity contribution in [3.05, 3.63) is 29.3 Å². The highest BCUT2D eigenvalue weighted by molar-refractivity contribution is 8.00. The Morgan fingerprint density at radius 1 is 1.36 bits per heavy atom. The molecule has 0 radical (unpaired) electrons. The molecule has 1 atom stereocenters. The fourth-order valence-corrected chi connectivity index (χ4v) is 5.52. The molecule has 0 bridgehead atoms. The molecule has 2 aromatic rings. The van der Waals surface area contributed by atoms with Gasteiger partial charge in [-0.1, -0.05) is 34.7 Å². The molecule has 1 saturated heterocycles. The van der Waals surface area contributed by atoms with Gasteiger partial charge in [0.2, 0.25) is 21.1 Å². The number of nitrogens with zero attached hydrogens (tertiary/aromatic N) is 3. The van der Waals surface area contributed by atoms with E-state index < -0.39 is 16.1 Å². The van der Waals surface area contributed by atoms with Crippen LogP contribution in [0.15, 0.2) is 33.5 Å². The van der Waals surface area contributed by atoms with E-state index in [1.165, 1.54) is 51.7 Å². The minimum absolute atomic E-state index is 0.122. The average molecular weight is 419 g/mol. The van der Waals surface area contributed by atoms with Gasteiger partial charge >= 0.3 is 0 Å². The van der Waals surface area contributed by atoms with Crippen LogP contribution in [0.4, 0.5) is 5.13 Å². The van der Waals surface area contributed by atoms with Crippen molar-refractivity contribution in [1.29, 1.82) is 0 Å².